The summed E-state index contributed by atoms with van der Waals surface area (Å²) in [7, 11) is 0. The summed E-state index contributed by atoms with van der Waals surface area (Å²) in [4.78, 5) is 11.1. The second kappa shape index (κ2) is 4.02. The Morgan fingerprint density at radius 3 is 2.56 bits per heavy atom. The fourth-order valence-corrected chi connectivity index (χ4v) is 2.16. The maximum Gasteiger partial charge on any atom is 0.345 e. The van der Waals surface area contributed by atoms with Gasteiger partial charge < -0.3 is 5.11 Å². The fourth-order valence-electron chi connectivity index (χ4n) is 1.29. The second-order valence-electron chi connectivity index (χ2n) is 3.07. The van der Waals surface area contributed by atoms with E-state index in [0.717, 1.165) is 17.4 Å². The predicted molar refractivity (Wildman–Crippen MR) is 56.6 cm³/mol. The third kappa shape index (κ3) is 1.81. The molecule has 0 bridgehead atoms. The van der Waals surface area contributed by atoms with Crippen LogP contribution in [-0.2, 0) is 0 Å². The molecule has 82 valence electrons. The second-order valence-corrected chi connectivity index (χ2v) is 4.15. The summed E-state index contributed by atoms with van der Waals surface area (Å²) in [6.07, 6.45) is 0. The van der Waals surface area contributed by atoms with Gasteiger partial charge in [-0.2, -0.15) is 0 Å². The molecule has 2 nitrogen and oxygen atoms in total. The number of thiophene rings is 1. The first kappa shape index (κ1) is 10.8. The lowest BCUT2D eigenvalue weighted by atomic mass is 10.2. The number of benzene rings is 1. The maximum absolute atomic E-state index is 13.4. The first-order valence-corrected chi connectivity index (χ1v) is 5.19. The van der Waals surface area contributed by atoms with Crippen LogP contribution in [0.1, 0.15) is 9.67 Å². The highest BCUT2D eigenvalue weighted by Crippen LogP contribution is 2.30. The minimum Gasteiger partial charge on any atom is -0.477 e. The molecule has 1 aromatic heterocycles. The van der Waals surface area contributed by atoms with Crippen LogP contribution in [0, 0.1) is 11.6 Å². The number of carbonyl (C=O) groups is 1. The molecular formula is C11H6F2O2S. The Hall–Kier alpha value is -1.75. The van der Waals surface area contributed by atoms with Gasteiger partial charge in [0.1, 0.15) is 4.88 Å². The van der Waals surface area contributed by atoms with Crippen LogP contribution in [0.15, 0.2) is 30.3 Å². The number of hydrogen-bond acceptors (Lipinski definition) is 2. The summed E-state index contributed by atoms with van der Waals surface area (Å²) in [6.45, 7) is 0. The molecular weight excluding hydrogens is 234 g/mol. The highest BCUT2D eigenvalue weighted by Gasteiger charge is 2.13. The van der Waals surface area contributed by atoms with E-state index in [0.29, 0.717) is 4.88 Å². The standard InChI is InChI=1S/C11H6F2O2S/c12-7-3-1-2-6(10(7)13)8-4-5-9(16-8)11(14)15/h1-5H,(H,14,15). The van der Waals surface area contributed by atoms with Crippen molar-refractivity contribution in [3.05, 3.63) is 46.8 Å². The van der Waals surface area contributed by atoms with Gasteiger partial charge in [0.2, 0.25) is 0 Å². The van der Waals surface area contributed by atoms with Gasteiger partial charge in [-0.1, -0.05) is 12.1 Å². The Morgan fingerprint density at radius 2 is 1.94 bits per heavy atom. The molecule has 0 saturated carbocycles. The molecule has 0 aliphatic heterocycles. The summed E-state index contributed by atoms with van der Waals surface area (Å²) in [5, 5.41) is 8.71. The third-order valence-corrected chi connectivity index (χ3v) is 3.14. The van der Waals surface area contributed by atoms with E-state index >= 15 is 0 Å². The van der Waals surface area contributed by atoms with Gasteiger partial charge in [-0.05, 0) is 18.2 Å². The van der Waals surface area contributed by atoms with Gasteiger partial charge in [-0.3, -0.25) is 0 Å². The monoisotopic (exact) mass is 240 g/mol. The summed E-state index contributed by atoms with van der Waals surface area (Å²) in [6, 6.07) is 6.65. The van der Waals surface area contributed by atoms with Crippen molar-refractivity contribution in [3.8, 4) is 10.4 Å². The highest BCUT2D eigenvalue weighted by molar-refractivity contribution is 7.17. The Kier molecular flexibility index (Phi) is 2.70. The number of aromatic carboxylic acids is 1. The molecule has 1 aromatic carbocycles. The highest BCUT2D eigenvalue weighted by atomic mass is 32.1. The van der Waals surface area contributed by atoms with Crippen LogP contribution in [0.4, 0.5) is 8.78 Å². The Balaban J connectivity index is 2.50. The summed E-state index contributed by atoms with van der Waals surface area (Å²) >= 11 is 0.911. The predicted octanol–water partition coefficient (Wildman–Crippen LogP) is 3.39. The molecule has 0 atom stereocenters. The Bertz CT molecular complexity index is 549. The van der Waals surface area contributed by atoms with E-state index in [1.807, 2.05) is 0 Å². The van der Waals surface area contributed by atoms with Crippen molar-refractivity contribution >= 4 is 17.3 Å². The minimum atomic E-state index is -1.08. The van der Waals surface area contributed by atoms with Crippen molar-refractivity contribution in [2.75, 3.05) is 0 Å². The van der Waals surface area contributed by atoms with Crippen LogP contribution < -0.4 is 0 Å². The molecule has 0 amide bonds. The normalized spacial score (nSPS) is 10.4. The number of rotatable bonds is 2. The minimum absolute atomic E-state index is 0.0810. The molecule has 0 unspecified atom stereocenters. The SMILES string of the molecule is O=C(O)c1ccc(-c2cccc(F)c2F)s1. The van der Waals surface area contributed by atoms with Crippen LogP contribution in [-0.4, -0.2) is 11.1 Å². The molecule has 1 N–H and O–H groups in total. The maximum atomic E-state index is 13.4. The van der Waals surface area contributed by atoms with Crippen molar-refractivity contribution in [2.24, 2.45) is 0 Å². The molecule has 0 radical (unpaired) electrons. The fraction of sp³-hybridized carbons (Fsp3) is 0. The zero-order valence-electron chi connectivity index (χ0n) is 7.91. The molecule has 0 spiro atoms. The lowest BCUT2D eigenvalue weighted by Crippen LogP contribution is -1.89. The molecule has 0 aliphatic carbocycles. The van der Waals surface area contributed by atoms with Gasteiger partial charge >= 0.3 is 5.97 Å². The summed E-state index contributed by atoms with van der Waals surface area (Å²) in [5.74, 6) is -2.97. The van der Waals surface area contributed by atoms with Crippen LogP contribution in [0.2, 0.25) is 0 Å². The van der Waals surface area contributed by atoms with E-state index in [1.54, 1.807) is 0 Å². The van der Waals surface area contributed by atoms with E-state index in [4.69, 9.17) is 5.11 Å². The first-order valence-electron chi connectivity index (χ1n) is 4.37. The van der Waals surface area contributed by atoms with E-state index in [2.05, 4.69) is 0 Å². The van der Waals surface area contributed by atoms with Gasteiger partial charge in [0.25, 0.3) is 0 Å². The molecule has 16 heavy (non-hydrogen) atoms. The van der Waals surface area contributed by atoms with Crippen LogP contribution in [0.3, 0.4) is 0 Å². The van der Waals surface area contributed by atoms with E-state index < -0.39 is 17.6 Å². The van der Waals surface area contributed by atoms with Crippen molar-refractivity contribution < 1.29 is 18.7 Å². The van der Waals surface area contributed by atoms with Crippen LogP contribution in [0.5, 0.6) is 0 Å². The van der Waals surface area contributed by atoms with Crippen molar-refractivity contribution in [2.45, 2.75) is 0 Å². The van der Waals surface area contributed by atoms with Gasteiger partial charge in [-0.25, -0.2) is 13.6 Å². The lowest BCUT2D eigenvalue weighted by Gasteiger charge is -1.99. The largest absolute Gasteiger partial charge is 0.477 e. The topological polar surface area (TPSA) is 37.3 Å². The van der Waals surface area contributed by atoms with E-state index in [9.17, 15) is 13.6 Å². The number of hydrogen-bond donors (Lipinski definition) is 1. The van der Waals surface area contributed by atoms with Gasteiger partial charge in [0, 0.05) is 10.4 Å². The molecule has 0 saturated heterocycles. The van der Waals surface area contributed by atoms with Crippen LogP contribution >= 0.6 is 11.3 Å². The van der Waals surface area contributed by atoms with Gasteiger partial charge in [-0.15, -0.1) is 11.3 Å². The molecule has 2 rings (SSSR count). The average molecular weight is 240 g/mol. The molecule has 2 aromatic rings. The van der Waals surface area contributed by atoms with Crippen LogP contribution in [0.25, 0.3) is 10.4 Å². The van der Waals surface area contributed by atoms with E-state index in [-0.39, 0.29) is 10.4 Å². The summed E-state index contributed by atoms with van der Waals surface area (Å²) in [5.41, 5.74) is 0.0810. The van der Waals surface area contributed by atoms with Crippen molar-refractivity contribution in [3.63, 3.8) is 0 Å². The zero-order valence-corrected chi connectivity index (χ0v) is 8.72. The third-order valence-electron chi connectivity index (χ3n) is 2.03. The number of carboxylic acids is 1. The number of halogens is 2. The van der Waals surface area contributed by atoms with Gasteiger partial charge in [0.05, 0.1) is 0 Å². The summed E-state index contributed by atoms with van der Waals surface area (Å²) < 4.78 is 26.3. The molecule has 0 aliphatic rings. The van der Waals surface area contributed by atoms with E-state index in [1.165, 1.54) is 24.3 Å². The number of carboxylic acid groups (broad SMARTS) is 1. The Morgan fingerprint density at radius 1 is 1.19 bits per heavy atom. The molecule has 0 fully saturated rings. The Labute approximate surface area is 93.8 Å². The average Bonchev–Trinajstić information content (AvgIpc) is 2.71. The quantitative estimate of drug-likeness (QED) is 0.873. The van der Waals surface area contributed by atoms with Crippen molar-refractivity contribution in [1.82, 2.24) is 0 Å². The van der Waals surface area contributed by atoms with Gasteiger partial charge in [0.15, 0.2) is 11.6 Å². The first-order chi connectivity index (χ1) is 7.59. The molecule has 5 heteroatoms. The lowest BCUT2D eigenvalue weighted by molar-refractivity contribution is 0.0702. The molecule has 1 heterocycles. The van der Waals surface area contributed by atoms with Crippen molar-refractivity contribution in [1.29, 1.82) is 0 Å². The zero-order chi connectivity index (χ0) is 11.7. The smallest absolute Gasteiger partial charge is 0.345 e.